The van der Waals surface area contributed by atoms with E-state index in [2.05, 4.69) is 91.0 Å². The molecule has 0 saturated carbocycles. The van der Waals surface area contributed by atoms with Crippen molar-refractivity contribution in [3.8, 4) is 56.4 Å². The van der Waals surface area contributed by atoms with E-state index >= 15 is 0 Å². The van der Waals surface area contributed by atoms with Gasteiger partial charge in [0.25, 0.3) is 0 Å². The van der Waals surface area contributed by atoms with Crippen LogP contribution in [0.3, 0.4) is 0 Å². The average Bonchev–Trinajstić information content (AvgIpc) is 3.52. The quantitative estimate of drug-likeness (QED) is 0.196. The van der Waals surface area contributed by atoms with Gasteiger partial charge in [-0.3, -0.25) is 0 Å². The molecule has 0 aliphatic rings. The maximum absolute atomic E-state index is 6.22. The van der Waals surface area contributed by atoms with E-state index in [-0.39, 0.29) is 0 Å². The molecule has 6 aromatic carbocycles. The summed E-state index contributed by atoms with van der Waals surface area (Å²) in [5.41, 5.74) is 9.61. The van der Waals surface area contributed by atoms with Crippen LogP contribution in [0.4, 0.5) is 0 Å². The second-order valence-corrected chi connectivity index (χ2v) is 11.5. The molecular weight excluding hydrogens is 576 g/mol. The highest BCUT2D eigenvalue weighted by atomic mass is 16.3. The van der Waals surface area contributed by atoms with E-state index in [1.54, 1.807) is 0 Å². The number of hydrogen-bond acceptors (Lipinski definition) is 5. The molecule has 5 heteroatoms. The van der Waals surface area contributed by atoms with E-state index in [9.17, 15) is 0 Å². The minimum Gasteiger partial charge on any atom is -0.438 e. The minimum atomic E-state index is 0.617. The van der Waals surface area contributed by atoms with Crippen LogP contribution in [0.2, 0.25) is 0 Å². The number of nitrogens with zero attached hydrogens (tertiary/aromatic N) is 4. The van der Waals surface area contributed by atoms with E-state index in [4.69, 9.17) is 24.4 Å². The molecule has 5 nitrogen and oxygen atoms in total. The summed E-state index contributed by atoms with van der Waals surface area (Å²) in [6.07, 6.45) is 0. The second kappa shape index (κ2) is 11.2. The van der Waals surface area contributed by atoms with Gasteiger partial charge in [0.1, 0.15) is 5.58 Å². The van der Waals surface area contributed by atoms with Crippen LogP contribution in [0.1, 0.15) is 0 Å². The molecule has 9 aromatic rings. The normalized spacial score (nSPS) is 11.4. The number of para-hydroxylation sites is 2. The van der Waals surface area contributed by atoms with Gasteiger partial charge in [-0.05, 0) is 28.8 Å². The molecule has 0 fully saturated rings. The third kappa shape index (κ3) is 4.82. The fourth-order valence-corrected chi connectivity index (χ4v) is 6.26. The molecule has 0 N–H and O–H groups in total. The van der Waals surface area contributed by atoms with E-state index in [1.807, 2.05) is 66.7 Å². The van der Waals surface area contributed by atoms with E-state index in [0.29, 0.717) is 23.2 Å². The van der Waals surface area contributed by atoms with Crippen LogP contribution in [0, 0.1) is 0 Å². The maximum Gasteiger partial charge on any atom is 0.228 e. The topological polar surface area (TPSA) is 64.7 Å². The Balaban J connectivity index is 1.17. The van der Waals surface area contributed by atoms with Crippen molar-refractivity contribution in [2.24, 2.45) is 0 Å². The third-order valence-electron chi connectivity index (χ3n) is 8.57. The Hall–Kier alpha value is -6.46. The van der Waals surface area contributed by atoms with Gasteiger partial charge in [-0.1, -0.05) is 146 Å². The molecule has 0 aliphatic carbocycles. The van der Waals surface area contributed by atoms with Crippen LogP contribution in [0.5, 0.6) is 0 Å². The largest absolute Gasteiger partial charge is 0.438 e. The first-order chi connectivity index (χ1) is 23.3. The van der Waals surface area contributed by atoms with E-state index in [1.165, 1.54) is 5.56 Å². The first-order valence-corrected chi connectivity index (χ1v) is 15.6. The summed E-state index contributed by atoms with van der Waals surface area (Å²) in [5.74, 6) is 1.88. The van der Waals surface area contributed by atoms with E-state index in [0.717, 1.165) is 60.6 Å². The summed E-state index contributed by atoms with van der Waals surface area (Å²) < 4.78 is 6.22. The summed E-state index contributed by atoms with van der Waals surface area (Å²) in [6.45, 7) is 0. The Morgan fingerprint density at radius 1 is 0.340 bits per heavy atom. The fraction of sp³-hybridized carbons (Fsp3) is 0. The predicted octanol–water partition coefficient (Wildman–Crippen LogP) is 10.7. The first kappa shape index (κ1) is 26.9. The van der Waals surface area contributed by atoms with Crippen molar-refractivity contribution in [2.75, 3.05) is 0 Å². The monoisotopic (exact) mass is 602 g/mol. The number of pyridine rings is 1. The maximum atomic E-state index is 6.22. The van der Waals surface area contributed by atoms with Crippen molar-refractivity contribution in [3.63, 3.8) is 0 Å². The lowest BCUT2D eigenvalue weighted by Crippen LogP contribution is -2.00. The SMILES string of the molecule is c1ccc(-c2ccc(-c3nc(-c4ccccc4)nc(-c4ccc(-c5c6ccccc6nc6oc7ccccc7c56)cc4)n3)cc2)cc1. The number of fused-ring (bicyclic) bond motifs is 4. The zero-order valence-corrected chi connectivity index (χ0v) is 25.2. The highest BCUT2D eigenvalue weighted by Crippen LogP contribution is 2.40. The average molecular weight is 603 g/mol. The molecule has 3 heterocycles. The molecule has 3 aromatic heterocycles. The Labute approximate surface area is 270 Å². The van der Waals surface area contributed by atoms with Crippen LogP contribution in [0.25, 0.3) is 89.4 Å². The van der Waals surface area contributed by atoms with Gasteiger partial charge in [0, 0.05) is 33.0 Å². The van der Waals surface area contributed by atoms with Crippen molar-refractivity contribution in [2.45, 2.75) is 0 Å². The smallest absolute Gasteiger partial charge is 0.228 e. The van der Waals surface area contributed by atoms with Gasteiger partial charge < -0.3 is 4.42 Å². The molecule has 0 spiro atoms. The van der Waals surface area contributed by atoms with Gasteiger partial charge in [0.2, 0.25) is 5.71 Å². The molecule has 0 unspecified atom stereocenters. The number of aromatic nitrogens is 4. The molecular formula is C42H26N4O. The molecule has 0 aliphatic heterocycles. The van der Waals surface area contributed by atoms with Crippen LogP contribution >= 0.6 is 0 Å². The minimum absolute atomic E-state index is 0.617. The highest BCUT2D eigenvalue weighted by molar-refractivity contribution is 6.18. The number of benzene rings is 6. The van der Waals surface area contributed by atoms with Gasteiger partial charge in [-0.15, -0.1) is 0 Å². The first-order valence-electron chi connectivity index (χ1n) is 15.6. The van der Waals surface area contributed by atoms with Crippen molar-refractivity contribution in [1.82, 2.24) is 19.9 Å². The third-order valence-corrected chi connectivity index (χ3v) is 8.57. The van der Waals surface area contributed by atoms with Crippen molar-refractivity contribution in [1.29, 1.82) is 0 Å². The zero-order valence-electron chi connectivity index (χ0n) is 25.2. The second-order valence-electron chi connectivity index (χ2n) is 11.5. The summed E-state index contributed by atoms with van der Waals surface area (Å²) >= 11 is 0. The van der Waals surface area contributed by atoms with Crippen LogP contribution < -0.4 is 0 Å². The van der Waals surface area contributed by atoms with Crippen molar-refractivity contribution in [3.05, 3.63) is 158 Å². The number of furan rings is 1. The lowest BCUT2D eigenvalue weighted by molar-refractivity contribution is 0.656. The van der Waals surface area contributed by atoms with Gasteiger partial charge in [-0.2, -0.15) is 0 Å². The van der Waals surface area contributed by atoms with Gasteiger partial charge in [-0.25, -0.2) is 19.9 Å². The standard InChI is InChI=1S/C42H26N4O/c1-3-11-27(12-4-1)28-19-23-31(24-20-28)40-44-39(30-13-5-2-6-14-30)45-41(46-40)32-25-21-29(22-26-32)37-33-15-7-9-17-35(33)43-42-38(37)34-16-8-10-18-36(34)47-42/h1-26H. The summed E-state index contributed by atoms with van der Waals surface area (Å²) in [6, 6.07) is 53.6. The van der Waals surface area contributed by atoms with Crippen LogP contribution in [-0.2, 0) is 0 Å². The summed E-state index contributed by atoms with van der Waals surface area (Å²) in [5, 5.41) is 3.14. The Morgan fingerprint density at radius 2 is 0.787 bits per heavy atom. The van der Waals surface area contributed by atoms with Gasteiger partial charge in [0.15, 0.2) is 17.5 Å². The zero-order chi connectivity index (χ0) is 31.2. The molecule has 47 heavy (non-hydrogen) atoms. The van der Waals surface area contributed by atoms with Gasteiger partial charge >= 0.3 is 0 Å². The molecule has 220 valence electrons. The molecule has 0 atom stereocenters. The fourth-order valence-electron chi connectivity index (χ4n) is 6.26. The molecule has 0 bridgehead atoms. The molecule has 9 rings (SSSR count). The van der Waals surface area contributed by atoms with Crippen LogP contribution in [0.15, 0.2) is 162 Å². The van der Waals surface area contributed by atoms with E-state index < -0.39 is 0 Å². The summed E-state index contributed by atoms with van der Waals surface area (Å²) in [4.78, 5) is 19.7. The molecule has 0 saturated heterocycles. The highest BCUT2D eigenvalue weighted by Gasteiger charge is 2.18. The predicted molar refractivity (Wildman–Crippen MR) is 190 cm³/mol. The van der Waals surface area contributed by atoms with Gasteiger partial charge in [0.05, 0.1) is 10.9 Å². The number of hydrogen-bond donors (Lipinski definition) is 0. The number of rotatable bonds is 5. The lowest BCUT2D eigenvalue weighted by atomic mass is 9.95. The Morgan fingerprint density at radius 3 is 1.43 bits per heavy atom. The summed E-state index contributed by atoms with van der Waals surface area (Å²) in [7, 11) is 0. The van der Waals surface area contributed by atoms with Crippen molar-refractivity contribution >= 4 is 33.0 Å². The Kier molecular flexibility index (Phi) is 6.39. The lowest BCUT2D eigenvalue weighted by Gasteiger charge is -2.11. The van der Waals surface area contributed by atoms with Crippen LogP contribution in [-0.4, -0.2) is 19.9 Å². The molecule has 0 radical (unpaired) electrons. The molecule has 0 amide bonds. The Bertz CT molecular complexity index is 2540. The van der Waals surface area contributed by atoms with Crippen molar-refractivity contribution < 1.29 is 4.42 Å².